The molecular weight excluding hydrogens is 477 g/mol. The number of allylic oxidation sites excluding steroid dienone is 3. The summed E-state index contributed by atoms with van der Waals surface area (Å²) in [5, 5.41) is 5.51. The molecule has 0 spiro atoms. The Bertz CT molecular complexity index is 1110. The first kappa shape index (κ1) is 26.8. The van der Waals surface area contributed by atoms with Gasteiger partial charge in [0, 0.05) is 49.2 Å². The molecule has 2 N–H and O–H groups in total. The summed E-state index contributed by atoms with van der Waals surface area (Å²) >= 11 is 0. The number of carbonyl (C=O) groups excluding carboxylic acids is 1. The Morgan fingerprint density at radius 2 is 2.03 bits per heavy atom. The van der Waals surface area contributed by atoms with Gasteiger partial charge in [-0.1, -0.05) is 6.08 Å². The van der Waals surface area contributed by atoms with Crippen LogP contribution >= 0.6 is 0 Å². The summed E-state index contributed by atoms with van der Waals surface area (Å²) in [6.45, 7) is 8.53. The summed E-state index contributed by atoms with van der Waals surface area (Å²) in [5.74, 6) is 0.266. The fourth-order valence-electron chi connectivity index (χ4n) is 3.11. The predicted octanol–water partition coefficient (Wildman–Crippen LogP) is 3.90. The van der Waals surface area contributed by atoms with Gasteiger partial charge in [-0.2, -0.15) is 13.2 Å². The van der Waals surface area contributed by atoms with E-state index < -0.39 is 17.7 Å². The number of nitrogens with one attached hydrogen (secondary N) is 2. The molecule has 2 aromatic heterocycles. The average Bonchev–Trinajstić information content (AvgIpc) is 2.87. The van der Waals surface area contributed by atoms with Gasteiger partial charge in [0.25, 0.3) is 5.91 Å². The topological polar surface area (TPSA) is 101 Å². The van der Waals surface area contributed by atoms with Crippen molar-refractivity contribution < 1.29 is 27.4 Å². The molecule has 3 rings (SSSR count). The lowest BCUT2D eigenvalue weighted by Gasteiger charge is -2.26. The number of aliphatic imine (C=N–C) groups is 1. The summed E-state index contributed by atoms with van der Waals surface area (Å²) in [6, 6.07) is 4.59. The second-order valence-corrected chi connectivity index (χ2v) is 7.74. The highest BCUT2D eigenvalue weighted by Gasteiger charge is 2.29. The second-order valence-electron chi connectivity index (χ2n) is 7.74. The van der Waals surface area contributed by atoms with Gasteiger partial charge < -0.3 is 20.1 Å². The van der Waals surface area contributed by atoms with Crippen LogP contribution in [0.1, 0.15) is 17.3 Å². The fourth-order valence-corrected chi connectivity index (χ4v) is 3.11. The van der Waals surface area contributed by atoms with Crippen molar-refractivity contribution in [3.05, 3.63) is 65.9 Å². The molecule has 0 radical (unpaired) electrons. The number of amides is 1. The number of halogens is 3. The van der Waals surface area contributed by atoms with Crippen LogP contribution in [0.2, 0.25) is 0 Å². The number of rotatable bonds is 10. The number of aromatic nitrogens is 2. The van der Waals surface area contributed by atoms with E-state index in [0.717, 1.165) is 38.7 Å². The number of carbonyl (C=O) groups is 1. The van der Waals surface area contributed by atoms with Crippen LogP contribution < -0.4 is 15.4 Å². The van der Waals surface area contributed by atoms with Crippen LogP contribution in [0.3, 0.4) is 0 Å². The molecule has 12 heteroatoms. The van der Waals surface area contributed by atoms with Crippen molar-refractivity contribution >= 4 is 24.1 Å². The maximum atomic E-state index is 12.9. The number of nitrogens with zero attached hydrogens (tertiary/aromatic N) is 4. The summed E-state index contributed by atoms with van der Waals surface area (Å²) in [5.41, 5.74) is -0.149. The van der Waals surface area contributed by atoms with Gasteiger partial charge in [-0.25, -0.2) is 9.98 Å². The van der Waals surface area contributed by atoms with Crippen molar-refractivity contribution in [3.8, 4) is 5.75 Å². The molecule has 3 heterocycles. The summed E-state index contributed by atoms with van der Waals surface area (Å²) in [7, 11) is 0. The fraction of sp³-hybridized carbons (Fsp3) is 0.333. The molecule has 1 aliphatic heterocycles. The van der Waals surface area contributed by atoms with Crippen LogP contribution in [-0.2, 0) is 4.74 Å². The Balaban J connectivity index is 1.64. The molecule has 9 nitrogen and oxygen atoms in total. The summed E-state index contributed by atoms with van der Waals surface area (Å²) < 4.78 is 49.3. The molecule has 0 aromatic carbocycles. The lowest BCUT2D eigenvalue weighted by atomic mass is 10.2. The van der Waals surface area contributed by atoms with E-state index in [4.69, 9.17) is 9.47 Å². The van der Waals surface area contributed by atoms with Crippen LogP contribution in [0.5, 0.6) is 5.75 Å². The van der Waals surface area contributed by atoms with Gasteiger partial charge >= 0.3 is 6.18 Å². The molecule has 1 amide bonds. The summed E-state index contributed by atoms with van der Waals surface area (Å²) in [4.78, 5) is 26.9. The number of morpholine rings is 1. The molecule has 0 saturated carbocycles. The van der Waals surface area contributed by atoms with E-state index in [9.17, 15) is 18.0 Å². The van der Waals surface area contributed by atoms with E-state index in [1.165, 1.54) is 24.5 Å². The minimum absolute atomic E-state index is 0.0341. The number of alkyl halides is 3. The first-order valence-corrected chi connectivity index (χ1v) is 11.1. The molecule has 36 heavy (non-hydrogen) atoms. The smallest absolute Gasteiger partial charge is 0.412 e. The van der Waals surface area contributed by atoms with Gasteiger partial charge in [0.15, 0.2) is 0 Å². The normalized spacial score (nSPS) is 15.3. The molecule has 0 bridgehead atoms. The quantitative estimate of drug-likeness (QED) is 0.374. The van der Waals surface area contributed by atoms with E-state index >= 15 is 0 Å². The third kappa shape index (κ3) is 8.17. The molecule has 1 fully saturated rings. The molecule has 192 valence electrons. The Morgan fingerprint density at radius 1 is 1.25 bits per heavy atom. The van der Waals surface area contributed by atoms with E-state index in [1.54, 1.807) is 12.3 Å². The monoisotopic (exact) mass is 504 g/mol. The van der Waals surface area contributed by atoms with E-state index in [0.29, 0.717) is 31.3 Å². The lowest BCUT2D eigenvalue weighted by molar-refractivity contribution is -0.0913. The van der Waals surface area contributed by atoms with Crippen LogP contribution in [-0.4, -0.2) is 73.1 Å². The largest absolute Gasteiger partial charge is 0.490 e. The summed E-state index contributed by atoms with van der Waals surface area (Å²) in [6.07, 6.45) is 1.99. The van der Waals surface area contributed by atoms with Gasteiger partial charge in [-0.05, 0) is 31.9 Å². The van der Waals surface area contributed by atoms with Crippen LogP contribution in [0.4, 0.5) is 24.7 Å². The van der Waals surface area contributed by atoms with Crippen molar-refractivity contribution in [1.82, 2.24) is 14.9 Å². The van der Waals surface area contributed by atoms with Crippen LogP contribution in [0.15, 0.2) is 65.3 Å². The maximum absolute atomic E-state index is 12.9. The third-order valence-electron chi connectivity index (χ3n) is 5.19. The maximum Gasteiger partial charge on any atom is 0.412 e. The number of hydrogen-bond acceptors (Lipinski definition) is 8. The Labute approximate surface area is 206 Å². The second kappa shape index (κ2) is 12.8. The highest BCUT2D eigenvalue weighted by Crippen LogP contribution is 2.25. The van der Waals surface area contributed by atoms with Crippen molar-refractivity contribution in [2.75, 3.05) is 50.1 Å². The van der Waals surface area contributed by atoms with Gasteiger partial charge in [-0.3, -0.25) is 14.7 Å². The SMILES string of the molecule is C=N/C(=C\C=C(/C)C(F)(F)F)Nc1cc(C(=O)Nc2cnccc2OCCN2CCOCC2)ccn1. The molecule has 2 aromatic rings. The number of pyridine rings is 2. The third-order valence-corrected chi connectivity index (χ3v) is 5.19. The first-order valence-electron chi connectivity index (χ1n) is 11.1. The molecule has 0 unspecified atom stereocenters. The van der Waals surface area contributed by atoms with E-state index in [2.05, 4.69) is 37.2 Å². The van der Waals surface area contributed by atoms with E-state index in [1.807, 2.05) is 0 Å². The van der Waals surface area contributed by atoms with Crippen molar-refractivity contribution in [1.29, 1.82) is 0 Å². The predicted molar refractivity (Wildman–Crippen MR) is 130 cm³/mol. The molecule has 1 aliphatic rings. The molecule has 1 saturated heterocycles. The highest BCUT2D eigenvalue weighted by molar-refractivity contribution is 6.05. The number of anilines is 2. The molecule has 0 aliphatic carbocycles. The lowest BCUT2D eigenvalue weighted by Crippen LogP contribution is -2.38. The molecular formula is C24H27F3N6O3. The van der Waals surface area contributed by atoms with Crippen LogP contribution in [0.25, 0.3) is 0 Å². The van der Waals surface area contributed by atoms with Gasteiger partial charge in [0.1, 0.15) is 29.7 Å². The minimum atomic E-state index is -4.45. The molecule has 0 atom stereocenters. The van der Waals surface area contributed by atoms with Gasteiger partial charge in [-0.15, -0.1) is 0 Å². The van der Waals surface area contributed by atoms with Crippen molar-refractivity contribution in [2.24, 2.45) is 4.99 Å². The zero-order chi connectivity index (χ0) is 26.0. The zero-order valence-corrected chi connectivity index (χ0v) is 19.7. The van der Waals surface area contributed by atoms with Crippen molar-refractivity contribution in [3.63, 3.8) is 0 Å². The Morgan fingerprint density at radius 3 is 2.75 bits per heavy atom. The minimum Gasteiger partial charge on any atom is -0.490 e. The average molecular weight is 505 g/mol. The Kier molecular flexibility index (Phi) is 9.53. The highest BCUT2D eigenvalue weighted by atomic mass is 19.4. The van der Waals surface area contributed by atoms with Gasteiger partial charge in [0.2, 0.25) is 0 Å². The number of hydrogen-bond donors (Lipinski definition) is 2. The zero-order valence-electron chi connectivity index (χ0n) is 19.7. The Hall–Kier alpha value is -3.77. The number of ether oxygens (including phenoxy) is 2. The standard InChI is InChI=1S/C24H27F3N6O3/c1-17(24(25,26)27)3-4-21(28-2)32-22-15-18(5-8-30-22)23(34)31-19-16-29-7-6-20(19)36-14-11-33-9-12-35-13-10-33/h3-8,15-16H,2,9-14H2,1H3,(H,30,32)(H,31,34)/b17-3+,21-4+. The van der Waals surface area contributed by atoms with Gasteiger partial charge in [0.05, 0.1) is 19.4 Å². The first-order chi connectivity index (χ1) is 17.3. The van der Waals surface area contributed by atoms with Crippen molar-refractivity contribution in [2.45, 2.75) is 13.1 Å². The van der Waals surface area contributed by atoms with E-state index in [-0.39, 0.29) is 17.2 Å². The van der Waals surface area contributed by atoms with Crippen LogP contribution in [0, 0.1) is 0 Å².